The number of fused-ring (bicyclic) bond motifs is 1. The molecule has 114 valence electrons. The maximum atomic E-state index is 12.8. The number of hydrogen-bond donors (Lipinski definition) is 1. The molecule has 0 aromatic heterocycles. The molecule has 0 radical (unpaired) electrons. The third-order valence-electron chi connectivity index (χ3n) is 4.92. The van der Waals surface area contributed by atoms with Gasteiger partial charge >= 0.3 is 0 Å². The SMILES string of the molecule is CNC1COCC1C(=O)N(C)C1CCCc2ccccc21. The summed E-state index contributed by atoms with van der Waals surface area (Å²) in [5.41, 5.74) is 2.71. The molecule has 21 heavy (non-hydrogen) atoms. The molecule has 2 aliphatic rings. The molecule has 3 unspecified atom stereocenters. The Labute approximate surface area is 126 Å². The first-order valence-corrected chi connectivity index (χ1v) is 7.82. The Balaban J connectivity index is 1.79. The van der Waals surface area contributed by atoms with E-state index in [1.54, 1.807) is 0 Å². The molecular weight excluding hydrogens is 264 g/mol. The van der Waals surface area contributed by atoms with Gasteiger partial charge < -0.3 is 15.0 Å². The zero-order valence-corrected chi connectivity index (χ0v) is 12.8. The van der Waals surface area contributed by atoms with Crippen molar-refractivity contribution < 1.29 is 9.53 Å². The second-order valence-electron chi connectivity index (χ2n) is 6.10. The molecule has 1 aliphatic heterocycles. The highest BCUT2D eigenvalue weighted by Crippen LogP contribution is 2.34. The predicted molar refractivity (Wildman–Crippen MR) is 82.0 cm³/mol. The van der Waals surface area contributed by atoms with E-state index >= 15 is 0 Å². The normalized spacial score (nSPS) is 28.2. The van der Waals surface area contributed by atoms with Crippen molar-refractivity contribution in [2.45, 2.75) is 31.3 Å². The van der Waals surface area contributed by atoms with E-state index in [1.165, 1.54) is 11.1 Å². The molecule has 0 bridgehead atoms. The summed E-state index contributed by atoms with van der Waals surface area (Å²) in [6.45, 7) is 1.16. The van der Waals surface area contributed by atoms with Gasteiger partial charge in [0, 0.05) is 13.1 Å². The summed E-state index contributed by atoms with van der Waals surface area (Å²) in [6, 6.07) is 8.87. The van der Waals surface area contributed by atoms with Crippen molar-refractivity contribution in [2.24, 2.45) is 5.92 Å². The number of nitrogens with zero attached hydrogens (tertiary/aromatic N) is 1. The quantitative estimate of drug-likeness (QED) is 0.921. The van der Waals surface area contributed by atoms with Crippen LogP contribution in [0.5, 0.6) is 0 Å². The van der Waals surface area contributed by atoms with Crippen molar-refractivity contribution in [1.29, 1.82) is 0 Å². The van der Waals surface area contributed by atoms with Gasteiger partial charge in [0.2, 0.25) is 5.91 Å². The summed E-state index contributed by atoms with van der Waals surface area (Å²) in [5.74, 6) is 0.141. The first-order valence-electron chi connectivity index (χ1n) is 7.82. The molecule has 1 amide bonds. The highest BCUT2D eigenvalue weighted by Gasteiger charge is 2.37. The Hall–Kier alpha value is -1.39. The summed E-state index contributed by atoms with van der Waals surface area (Å²) >= 11 is 0. The molecule has 1 N–H and O–H groups in total. The van der Waals surface area contributed by atoms with E-state index in [9.17, 15) is 4.79 Å². The lowest BCUT2D eigenvalue weighted by Crippen LogP contribution is -2.45. The van der Waals surface area contributed by atoms with Crippen LogP contribution in [0, 0.1) is 5.92 Å². The summed E-state index contributed by atoms with van der Waals surface area (Å²) < 4.78 is 5.48. The molecule has 1 saturated heterocycles. The second-order valence-corrected chi connectivity index (χ2v) is 6.10. The number of carbonyl (C=O) groups excluding carboxylic acids is 1. The van der Waals surface area contributed by atoms with E-state index < -0.39 is 0 Å². The van der Waals surface area contributed by atoms with Crippen LogP contribution in [0.4, 0.5) is 0 Å². The molecule has 4 nitrogen and oxygen atoms in total. The molecular formula is C17H24N2O2. The van der Waals surface area contributed by atoms with Crippen molar-refractivity contribution >= 4 is 5.91 Å². The van der Waals surface area contributed by atoms with Crippen LogP contribution in [0.15, 0.2) is 24.3 Å². The fourth-order valence-electron chi connectivity index (χ4n) is 3.63. The fraction of sp³-hybridized carbons (Fsp3) is 0.588. The standard InChI is InChI=1S/C17H24N2O2/c1-18-15-11-21-10-14(15)17(20)19(2)16-9-5-7-12-6-3-4-8-13(12)16/h3-4,6,8,14-16,18H,5,7,9-11H2,1-2H3. The average molecular weight is 288 g/mol. The van der Waals surface area contributed by atoms with Gasteiger partial charge in [-0.1, -0.05) is 24.3 Å². The van der Waals surface area contributed by atoms with E-state index in [0.717, 1.165) is 19.3 Å². The van der Waals surface area contributed by atoms with Gasteiger partial charge in [-0.15, -0.1) is 0 Å². The lowest BCUT2D eigenvalue weighted by atomic mass is 9.86. The zero-order valence-electron chi connectivity index (χ0n) is 12.8. The molecule has 0 saturated carbocycles. The maximum absolute atomic E-state index is 12.8. The first kappa shape index (κ1) is 14.5. The number of amides is 1. The Morgan fingerprint density at radius 1 is 1.33 bits per heavy atom. The van der Waals surface area contributed by atoms with E-state index in [4.69, 9.17) is 4.74 Å². The number of benzene rings is 1. The molecule has 1 aromatic rings. The Kier molecular flexibility index (Phi) is 4.27. The van der Waals surface area contributed by atoms with Gasteiger partial charge in [-0.2, -0.15) is 0 Å². The molecule has 3 rings (SSSR count). The van der Waals surface area contributed by atoms with Crippen LogP contribution >= 0.6 is 0 Å². The second kappa shape index (κ2) is 6.16. The van der Waals surface area contributed by atoms with E-state index in [1.807, 2.05) is 19.0 Å². The number of nitrogens with one attached hydrogen (secondary N) is 1. The van der Waals surface area contributed by atoms with Crippen LogP contribution in [-0.2, 0) is 16.0 Å². The van der Waals surface area contributed by atoms with Crippen LogP contribution in [0.2, 0.25) is 0 Å². The lowest BCUT2D eigenvalue weighted by Gasteiger charge is -2.35. The van der Waals surface area contributed by atoms with Crippen molar-refractivity contribution in [3.8, 4) is 0 Å². The van der Waals surface area contributed by atoms with Crippen LogP contribution in [-0.4, -0.2) is 44.2 Å². The third-order valence-corrected chi connectivity index (χ3v) is 4.92. The molecule has 1 fully saturated rings. The number of carbonyl (C=O) groups is 1. The Bertz CT molecular complexity index is 517. The third kappa shape index (κ3) is 2.70. The van der Waals surface area contributed by atoms with Crippen LogP contribution < -0.4 is 5.32 Å². The summed E-state index contributed by atoms with van der Waals surface area (Å²) in [6.07, 6.45) is 3.33. The van der Waals surface area contributed by atoms with E-state index in [0.29, 0.717) is 13.2 Å². The molecule has 4 heteroatoms. The number of ether oxygens (including phenoxy) is 1. The Morgan fingerprint density at radius 3 is 2.95 bits per heavy atom. The zero-order chi connectivity index (χ0) is 14.8. The van der Waals surface area contributed by atoms with Crippen molar-refractivity contribution in [2.75, 3.05) is 27.3 Å². The molecule has 0 spiro atoms. The minimum absolute atomic E-state index is 0.0610. The molecule has 3 atom stereocenters. The highest BCUT2D eigenvalue weighted by molar-refractivity contribution is 5.80. The van der Waals surface area contributed by atoms with Gasteiger partial charge in [-0.3, -0.25) is 4.79 Å². The van der Waals surface area contributed by atoms with Gasteiger partial charge in [0.1, 0.15) is 0 Å². The monoisotopic (exact) mass is 288 g/mol. The number of hydrogen-bond acceptors (Lipinski definition) is 3. The van der Waals surface area contributed by atoms with E-state index in [-0.39, 0.29) is 23.9 Å². The van der Waals surface area contributed by atoms with Crippen LogP contribution in [0.25, 0.3) is 0 Å². The lowest BCUT2D eigenvalue weighted by molar-refractivity contribution is -0.137. The highest BCUT2D eigenvalue weighted by atomic mass is 16.5. The fourth-order valence-corrected chi connectivity index (χ4v) is 3.63. The minimum atomic E-state index is -0.0610. The smallest absolute Gasteiger partial charge is 0.229 e. The number of likely N-dealkylation sites (N-methyl/N-ethyl adjacent to an activating group) is 1. The Morgan fingerprint density at radius 2 is 2.14 bits per heavy atom. The first-order chi connectivity index (χ1) is 10.2. The summed E-state index contributed by atoms with van der Waals surface area (Å²) in [7, 11) is 3.84. The maximum Gasteiger partial charge on any atom is 0.229 e. The van der Waals surface area contributed by atoms with Crippen molar-refractivity contribution in [3.63, 3.8) is 0 Å². The topological polar surface area (TPSA) is 41.6 Å². The number of rotatable bonds is 3. The number of aryl methyl sites for hydroxylation is 1. The van der Waals surface area contributed by atoms with Crippen molar-refractivity contribution in [1.82, 2.24) is 10.2 Å². The molecule has 1 heterocycles. The van der Waals surface area contributed by atoms with Gasteiger partial charge in [0.25, 0.3) is 0 Å². The molecule has 1 aliphatic carbocycles. The predicted octanol–water partition coefficient (Wildman–Crippen LogP) is 1.76. The van der Waals surface area contributed by atoms with Gasteiger partial charge in [-0.05, 0) is 37.4 Å². The van der Waals surface area contributed by atoms with Crippen molar-refractivity contribution in [3.05, 3.63) is 35.4 Å². The summed E-state index contributed by atoms with van der Waals surface area (Å²) in [5, 5.41) is 3.20. The van der Waals surface area contributed by atoms with E-state index in [2.05, 4.69) is 29.6 Å². The van der Waals surface area contributed by atoms with Crippen LogP contribution in [0.3, 0.4) is 0 Å². The summed E-state index contributed by atoms with van der Waals surface area (Å²) in [4.78, 5) is 14.8. The minimum Gasteiger partial charge on any atom is -0.379 e. The van der Waals surface area contributed by atoms with Gasteiger partial charge in [-0.25, -0.2) is 0 Å². The molecule has 1 aromatic carbocycles. The van der Waals surface area contributed by atoms with Crippen LogP contribution in [0.1, 0.15) is 30.0 Å². The average Bonchev–Trinajstić information content (AvgIpc) is 3.01. The van der Waals surface area contributed by atoms with Gasteiger partial charge in [0.05, 0.1) is 25.2 Å². The van der Waals surface area contributed by atoms with Gasteiger partial charge in [0.15, 0.2) is 0 Å². The largest absolute Gasteiger partial charge is 0.379 e.